The first kappa shape index (κ1) is 21.0. The smallest absolute Gasteiger partial charge is 0.341 e. The number of carbonyl (C=O) groups is 2. The summed E-state index contributed by atoms with van der Waals surface area (Å²) in [6.07, 6.45) is 3.22. The number of piperidine rings is 1. The van der Waals surface area contributed by atoms with Gasteiger partial charge in [0.15, 0.2) is 0 Å². The highest BCUT2D eigenvalue weighted by Crippen LogP contribution is 2.23. The summed E-state index contributed by atoms with van der Waals surface area (Å²) in [7, 11) is 0. The Morgan fingerprint density at radius 2 is 2.00 bits per heavy atom. The number of nitrogens with zero attached hydrogens (tertiary/aromatic N) is 4. The van der Waals surface area contributed by atoms with Crippen molar-refractivity contribution in [3.63, 3.8) is 0 Å². The van der Waals surface area contributed by atoms with Gasteiger partial charge in [0.25, 0.3) is 0 Å². The monoisotopic (exact) mass is 425 g/mol. The number of nitrogens with one attached hydrogen (secondary N) is 1. The summed E-state index contributed by atoms with van der Waals surface area (Å²) in [5, 5.41) is 4.44. The van der Waals surface area contributed by atoms with Gasteiger partial charge in [-0.3, -0.25) is 9.69 Å². The highest BCUT2D eigenvalue weighted by atomic mass is 16.5. The Balaban J connectivity index is 1.65. The van der Waals surface area contributed by atoms with Crippen molar-refractivity contribution in [1.82, 2.24) is 24.6 Å². The molecule has 0 saturated carbocycles. The minimum absolute atomic E-state index is 0.163. The molecule has 1 aliphatic rings. The number of benzene rings is 1. The van der Waals surface area contributed by atoms with Gasteiger partial charge in [-0.25, -0.2) is 14.5 Å². The van der Waals surface area contributed by atoms with Crippen molar-refractivity contribution in [1.29, 1.82) is 0 Å². The van der Waals surface area contributed by atoms with E-state index in [1.807, 2.05) is 31.2 Å². The average molecular weight is 425 g/mol. The molecule has 4 rings (SSSR count). The van der Waals surface area contributed by atoms with Crippen molar-refractivity contribution in [3.8, 4) is 5.95 Å². The molecule has 1 fully saturated rings. The summed E-state index contributed by atoms with van der Waals surface area (Å²) in [5.41, 5.74) is 2.79. The molecule has 31 heavy (non-hydrogen) atoms. The number of rotatable bonds is 7. The van der Waals surface area contributed by atoms with Gasteiger partial charge in [0, 0.05) is 13.1 Å². The van der Waals surface area contributed by atoms with E-state index < -0.39 is 5.97 Å². The topological polar surface area (TPSA) is 102 Å². The first-order valence-corrected chi connectivity index (χ1v) is 10.7. The van der Waals surface area contributed by atoms with Crippen LogP contribution in [0, 0.1) is 5.92 Å². The minimum Gasteiger partial charge on any atom is -0.466 e. The standard InChI is InChI=1S/C22H27N5O4/c1-3-30-20(28)15-8-7-11-26(13-15)14-19-16(21(29)31-4-2)12-23-27(19)22-24-17-9-5-6-10-18(17)25-22/h5-6,9-10,12,15H,3-4,7-8,11,13-14H2,1-2H3,(H,24,25). The van der Waals surface area contributed by atoms with Crippen molar-refractivity contribution in [2.24, 2.45) is 5.92 Å². The molecule has 1 atom stereocenters. The van der Waals surface area contributed by atoms with Crippen LogP contribution in [-0.2, 0) is 20.8 Å². The van der Waals surface area contributed by atoms with E-state index in [1.54, 1.807) is 11.6 Å². The zero-order valence-electron chi connectivity index (χ0n) is 17.8. The lowest BCUT2D eigenvalue weighted by atomic mass is 9.98. The second-order valence-electron chi connectivity index (χ2n) is 7.54. The lowest BCUT2D eigenvalue weighted by Gasteiger charge is -2.31. The van der Waals surface area contributed by atoms with Crippen molar-refractivity contribution >= 4 is 23.0 Å². The fraction of sp³-hybridized carbons (Fsp3) is 0.455. The maximum absolute atomic E-state index is 12.6. The van der Waals surface area contributed by atoms with Gasteiger partial charge in [-0.2, -0.15) is 5.10 Å². The predicted octanol–water partition coefficient (Wildman–Crippen LogP) is 2.70. The number of esters is 2. The summed E-state index contributed by atoms with van der Waals surface area (Å²) in [4.78, 5) is 34.9. The van der Waals surface area contributed by atoms with Crippen LogP contribution >= 0.6 is 0 Å². The van der Waals surface area contributed by atoms with Gasteiger partial charge in [0.05, 0.1) is 42.1 Å². The molecule has 1 aliphatic heterocycles. The van der Waals surface area contributed by atoms with Gasteiger partial charge in [-0.1, -0.05) is 12.1 Å². The van der Waals surface area contributed by atoms with Crippen molar-refractivity contribution in [2.75, 3.05) is 26.3 Å². The predicted molar refractivity (Wildman–Crippen MR) is 114 cm³/mol. The molecule has 1 unspecified atom stereocenters. The number of ether oxygens (including phenoxy) is 2. The third kappa shape index (κ3) is 4.46. The van der Waals surface area contributed by atoms with E-state index in [2.05, 4.69) is 20.0 Å². The lowest BCUT2D eigenvalue weighted by molar-refractivity contribution is -0.150. The first-order valence-electron chi connectivity index (χ1n) is 10.7. The largest absolute Gasteiger partial charge is 0.466 e. The molecule has 0 amide bonds. The summed E-state index contributed by atoms with van der Waals surface area (Å²) >= 11 is 0. The van der Waals surface area contributed by atoms with E-state index in [1.165, 1.54) is 6.20 Å². The first-order chi connectivity index (χ1) is 15.1. The molecule has 0 radical (unpaired) electrons. The van der Waals surface area contributed by atoms with E-state index in [9.17, 15) is 9.59 Å². The lowest BCUT2D eigenvalue weighted by Crippen LogP contribution is -2.39. The van der Waals surface area contributed by atoms with Crippen molar-refractivity contribution in [3.05, 3.63) is 41.7 Å². The molecular weight excluding hydrogens is 398 g/mol. The number of H-pyrrole nitrogens is 1. The molecule has 1 N–H and O–H groups in total. The average Bonchev–Trinajstić information content (AvgIpc) is 3.38. The summed E-state index contributed by atoms with van der Waals surface area (Å²) in [5.74, 6) is -0.213. The summed E-state index contributed by atoms with van der Waals surface area (Å²) < 4.78 is 12.1. The number of carbonyl (C=O) groups excluding carboxylic acids is 2. The molecule has 3 aromatic rings. The Kier molecular flexibility index (Phi) is 6.31. The Morgan fingerprint density at radius 1 is 1.19 bits per heavy atom. The van der Waals surface area contributed by atoms with Crippen LogP contribution in [-0.4, -0.2) is 62.9 Å². The van der Waals surface area contributed by atoms with Gasteiger partial charge in [-0.05, 0) is 45.4 Å². The molecule has 9 heteroatoms. The number of aromatic nitrogens is 4. The fourth-order valence-electron chi connectivity index (χ4n) is 3.99. The number of imidazole rings is 1. The molecule has 0 bridgehead atoms. The SMILES string of the molecule is CCOC(=O)c1cnn(-c2nc3ccccc3[nH]2)c1CN1CCCC(C(=O)OCC)C1. The maximum atomic E-state index is 12.6. The second-order valence-corrected chi connectivity index (χ2v) is 7.54. The molecule has 0 spiro atoms. The molecule has 2 aromatic heterocycles. The molecular formula is C22H27N5O4. The van der Waals surface area contributed by atoms with Crippen LogP contribution in [0.2, 0.25) is 0 Å². The van der Waals surface area contributed by atoms with Crippen LogP contribution in [0.4, 0.5) is 0 Å². The van der Waals surface area contributed by atoms with Crippen LogP contribution < -0.4 is 0 Å². The zero-order valence-corrected chi connectivity index (χ0v) is 17.8. The van der Waals surface area contributed by atoms with Gasteiger partial charge in [0.1, 0.15) is 5.56 Å². The highest BCUT2D eigenvalue weighted by molar-refractivity contribution is 5.90. The van der Waals surface area contributed by atoms with Gasteiger partial charge in [-0.15, -0.1) is 0 Å². The number of hydrogen-bond donors (Lipinski definition) is 1. The third-order valence-corrected chi connectivity index (χ3v) is 5.44. The highest BCUT2D eigenvalue weighted by Gasteiger charge is 2.29. The second kappa shape index (κ2) is 9.30. The van der Waals surface area contributed by atoms with Crippen molar-refractivity contribution < 1.29 is 19.1 Å². The summed E-state index contributed by atoms with van der Waals surface area (Å²) in [6.45, 7) is 6.09. The Labute approximate surface area is 180 Å². The Bertz CT molecular complexity index is 1040. The molecule has 164 valence electrons. The van der Waals surface area contributed by atoms with Crippen LogP contribution in [0.5, 0.6) is 0 Å². The Morgan fingerprint density at radius 3 is 2.77 bits per heavy atom. The number of likely N-dealkylation sites (tertiary alicyclic amines) is 1. The van der Waals surface area contributed by atoms with E-state index in [4.69, 9.17) is 9.47 Å². The van der Waals surface area contributed by atoms with Crippen LogP contribution in [0.15, 0.2) is 30.5 Å². The quantitative estimate of drug-likeness (QED) is 0.581. The maximum Gasteiger partial charge on any atom is 0.341 e. The number of aromatic amines is 1. The zero-order chi connectivity index (χ0) is 21.8. The van der Waals surface area contributed by atoms with E-state index >= 15 is 0 Å². The van der Waals surface area contributed by atoms with E-state index in [0.29, 0.717) is 36.9 Å². The normalized spacial score (nSPS) is 17.0. The van der Waals surface area contributed by atoms with Gasteiger partial charge < -0.3 is 14.5 Å². The number of hydrogen-bond acceptors (Lipinski definition) is 7. The van der Waals surface area contributed by atoms with Gasteiger partial charge >= 0.3 is 11.9 Å². The fourth-order valence-corrected chi connectivity index (χ4v) is 3.99. The third-order valence-electron chi connectivity index (χ3n) is 5.44. The molecule has 3 heterocycles. The molecule has 1 saturated heterocycles. The van der Waals surface area contributed by atoms with Crippen LogP contribution in [0.3, 0.4) is 0 Å². The van der Waals surface area contributed by atoms with E-state index in [0.717, 1.165) is 30.4 Å². The molecule has 1 aromatic carbocycles. The Hall–Kier alpha value is -3.20. The molecule has 0 aliphatic carbocycles. The van der Waals surface area contributed by atoms with E-state index in [-0.39, 0.29) is 18.5 Å². The van der Waals surface area contributed by atoms with Crippen LogP contribution in [0.1, 0.15) is 42.7 Å². The van der Waals surface area contributed by atoms with Crippen LogP contribution in [0.25, 0.3) is 17.0 Å². The van der Waals surface area contributed by atoms with Crippen molar-refractivity contribution in [2.45, 2.75) is 33.2 Å². The number of para-hydroxylation sites is 2. The minimum atomic E-state index is -0.418. The molecule has 9 nitrogen and oxygen atoms in total. The number of fused-ring (bicyclic) bond motifs is 1. The summed E-state index contributed by atoms with van der Waals surface area (Å²) in [6, 6.07) is 7.71. The van der Waals surface area contributed by atoms with Gasteiger partial charge in [0.2, 0.25) is 5.95 Å².